The number of pyridine rings is 1. The molecule has 1 heterocycles. The van der Waals surface area contributed by atoms with Gasteiger partial charge in [-0.2, -0.15) is 0 Å². The summed E-state index contributed by atoms with van der Waals surface area (Å²) < 4.78 is 0. The van der Waals surface area contributed by atoms with Gasteiger partial charge in [0.1, 0.15) is 5.82 Å². The van der Waals surface area contributed by atoms with E-state index in [2.05, 4.69) is 36.4 Å². The predicted molar refractivity (Wildman–Crippen MR) is 79.4 cm³/mol. The van der Waals surface area contributed by atoms with Gasteiger partial charge in [-0.05, 0) is 30.9 Å². The largest absolute Gasteiger partial charge is 0.370 e. The van der Waals surface area contributed by atoms with Crippen LogP contribution in [0.25, 0.3) is 0 Å². The fourth-order valence-corrected chi connectivity index (χ4v) is 1.60. The first-order chi connectivity index (χ1) is 9.13. The molecule has 106 valence electrons. The van der Waals surface area contributed by atoms with Crippen LogP contribution < -0.4 is 10.6 Å². The molecule has 2 N–H and O–H groups in total. The number of amides is 1. The summed E-state index contributed by atoms with van der Waals surface area (Å²) in [5.41, 5.74) is 0.616. The molecule has 4 nitrogen and oxygen atoms in total. The maximum absolute atomic E-state index is 11.8. The van der Waals surface area contributed by atoms with Gasteiger partial charge in [0.25, 0.3) is 5.91 Å². The topological polar surface area (TPSA) is 54.0 Å². The van der Waals surface area contributed by atoms with Gasteiger partial charge in [0.15, 0.2) is 0 Å². The average molecular weight is 263 g/mol. The lowest BCUT2D eigenvalue weighted by Gasteiger charge is -2.08. The van der Waals surface area contributed by atoms with E-state index in [1.54, 1.807) is 6.20 Å². The number of anilines is 1. The van der Waals surface area contributed by atoms with Crippen molar-refractivity contribution in [3.05, 3.63) is 23.9 Å². The summed E-state index contributed by atoms with van der Waals surface area (Å²) in [5.74, 6) is 1.38. The molecule has 0 atom stereocenters. The molecular weight excluding hydrogens is 238 g/mol. The van der Waals surface area contributed by atoms with Crippen LogP contribution in [0.1, 0.15) is 50.4 Å². The molecular formula is C15H25N3O. The standard InChI is InChI=1S/C15H25N3O/c1-4-5-9-16-14-7-6-13(11-18-14)15(19)17-10-8-12(2)3/h6-7,11-12H,4-5,8-10H2,1-3H3,(H,16,18)(H,17,19). The predicted octanol–water partition coefficient (Wildman–Crippen LogP) is 3.07. The van der Waals surface area contributed by atoms with Crippen molar-refractivity contribution in [2.24, 2.45) is 5.92 Å². The minimum absolute atomic E-state index is 0.0479. The van der Waals surface area contributed by atoms with E-state index in [0.717, 1.165) is 31.6 Å². The van der Waals surface area contributed by atoms with Crippen LogP contribution >= 0.6 is 0 Å². The zero-order valence-electron chi connectivity index (χ0n) is 12.2. The van der Waals surface area contributed by atoms with Crippen LogP contribution in [-0.4, -0.2) is 24.0 Å². The number of rotatable bonds is 8. The number of nitrogens with zero attached hydrogens (tertiary/aromatic N) is 1. The van der Waals surface area contributed by atoms with Crippen molar-refractivity contribution in [3.63, 3.8) is 0 Å². The summed E-state index contributed by atoms with van der Waals surface area (Å²) in [4.78, 5) is 16.1. The summed E-state index contributed by atoms with van der Waals surface area (Å²) in [6.07, 6.45) is 4.90. The highest BCUT2D eigenvalue weighted by molar-refractivity contribution is 5.93. The van der Waals surface area contributed by atoms with E-state index in [4.69, 9.17) is 0 Å². The van der Waals surface area contributed by atoms with Gasteiger partial charge >= 0.3 is 0 Å². The number of carbonyl (C=O) groups is 1. The lowest BCUT2D eigenvalue weighted by Crippen LogP contribution is -2.25. The molecule has 0 bridgehead atoms. The molecule has 0 spiro atoms. The molecule has 0 aliphatic rings. The number of hydrogen-bond donors (Lipinski definition) is 2. The lowest BCUT2D eigenvalue weighted by atomic mass is 10.1. The maximum atomic E-state index is 11.8. The molecule has 1 rings (SSSR count). The number of aromatic nitrogens is 1. The fourth-order valence-electron chi connectivity index (χ4n) is 1.60. The Labute approximate surface area is 116 Å². The molecule has 1 aromatic heterocycles. The van der Waals surface area contributed by atoms with Gasteiger partial charge in [-0.1, -0.05) is 27.2 Å². The number of nitrogens with one attached hydrogen (secondary N) is 2. The van der Waals surface area contributed by atoms with E-state index in [0.29, 0.717) is 18.0 Å². The smallest absolute Gasteiger partial charge is 0.252 e. The molecule has 1 amide bonds. The van der Waals surface area contributed by atoms with E-state index < -0.39 is 0 Å². The molecule has 0 saturated heterocycles. The first-order valence-corrected chi connectivity index (χ1v) is 7.11. The summed E-state index contributed by atoms with van der Waals surface area (Å²) in [7, 11) is 0. The van der Waals surface area contributed by atoms with Crippen molar-refractivity contribution in [2.75, 3.05) is 18.4 Å². The van der Waals surface area contributed by atoms with E-state index in [-0.39, 0.29) is 5.91 Å². The molecule has 0 fully saturated rings. The summed E-state index contributed by atoms with van der Waals surface area (Å²) in [6.45, 7) is 8.07. The zero-order chi connectivity index (χ0) is 14.1. The average Bonchev–Trinajstić information content (AvgIpc) is 2.39. The summed E-state index contributed by atoms with van der Waals surface area (Å²) in [5, 5.41) is 6.13. The molecule has 0 radical (unpaired) electrons. The van der Waals surface area contributed by atoms with Crippen molar-refractivity contribution < 1.29 is 4.79 Å². The minimum atomic E-state index is -0.0479. The molecule has 0 aliphatic carbocycles. The number of hydrogen-bond acceptors (Lipinski definition) is 3. The molecule has 0 unspecified atom stereocenters. The molecule has 0 saturated carbocycles. The van der Waals surface area contributed by atoms with Crippen LogP contribution in [0.15, 0.2) is 18.3 Å². The first kappa shape index (κ1) is 15.5. The third-order valence-corrected chi connectivity index (χ3v) is 2.87. The Bertz CT molecular complexity index is 373. The molecule has 1 aromatic rings. The number of unbranched alkanes of at least 4 members (excludes halogenated alkanes) is 1. The van der Waals surface area contributed by atoms with Gasteiger partial charge in [-0.15, -0.1) is 0 Å². The van der Waals surface area contributed by atoms with Gasteiger partial charge in [-0.25, -0.2) is 4.98 Å². The van der Waals surface area contributed by atoms with Crippen molar-refractivity contribution in [2.45, 2.75) is 40.0 Å². The Kier molecular flexibility index (Phi) is 6.93. The second-order valence-corrected chi connectivity index (χ2v) is 5.15. The van der Waals surface area contributed by atoms with Crippen molar-refractivity contribution in [3.8, 4) is 0 Å². The molecule has 0 aliphatic heterocycles. The second-order valence-electron chi connectivity index (χ2n) is 5.15. The fraction of sp³-hybridized carbons (Fsp3) is 0.600. The quantitative estimate of drug-likeness (QED) is 0.709. The minimum Gasteiger partial charge on any atom is -0.370 e. The molecule has 4 heteroatoms. The van der Waals surface area contributed by atoms with Crippen LogP contribution in [0.2, 0.25) is 0 Å². The van der Waals surface area contributed by atoms with Crippen molar-refractivity contribution in [1.29, 1.82) is 0 Å². The summed E-state index contributed by atoms with van der Waals surface area (Å²) in [6, 6.07) is 3.67. The van der Waals surface area contributed by atoms with Crippen molar-refractivity contribution in [1.82, 2.24) is 10.3 Å². The number of carbonyl (C=O) groups excluding carboxylic acids is 1. The third kappa shape index (κ3) is 6.22. The lowest BCUT2D eigenvalue weighted by molar-refractivity contribution is 0.0951. The zero-order valence-corrected chi connectivity index (χ0v) is 12.2. The van der Waals surface area contributed by atoms with E-state index >= 15 is 0 Å². The van der Waals surface area contributed by atoms with Crippen LogP contribution in [0.3, 0.4) is 0 Å². The molecule has 0 aromatic carbocycles. The Morgan fingerprint density at radius 3 is 2.68 bits per heavy atom. The van der Waals surface area contributed by atoms with Crippen LogP contribution in [0.4, 0.5) is 5.82 Å². The Morgan fingerprint density at radius 2 is 2.11 bits per heavy atom. The van der Waals surface area contributed by atoms with Gasteiger partial charge in [-0.3, -0.25) is 4.79 Å². The van der Waals surface area contributed by atoms with Gasteiger partial charge < -0.3 is 10.6 Å². The Hall–Kier alpha value is -1.58. The van der Waals surface area contributed by atoms with Crippen LogP contribution in [0.5, 0.6) is 0 Å². The van der Waals surface area contributed by atoms with E-state index in [1.807, 2.05) is 12.1 Å². The van der Waals surface area contributed by atoms with E-state index in [1.165, 1.54) is 0 Å². The summed E-state index contributed by atoms with van der Waals surface area (Å²) >= 11 is 0. The Balaban J connectivity index is 2.39. The SMILES string of the molecule is CCCCNc1ccc(C(=O)NCCC(C)C)cn1. The van der Waals surface area contributed by atoms with Gasteiger partial charge in [0.05, 0.1) is 5.56 Å². The Morgan fingerprint density at radius 1 is 1.32 bits per heavy atom. The van der Waals surface area contributed by atoms with Crippen molar-refractivity contribution >= 4 is 11.7 Å². The highest BCUT2D eigenvalue weighted by atomic mass is 16.1. The monoisotopic (exact) mass is 263 g/mol. The van der Waals surface area contributed by atoms with Crippen LogP contribution in [0, 0.1) is 5.92 Å². The van der Waals surface area contributed by atoms with Gasteiger partial charge in [0, 0.05) is 19.3 Å². The molecule has 19 heavy (non-hydrogen) atoms. The second kappa shape index (κ2) is 8.51. The van der Waals surface area contributed by atoms with Crippen LogP contribution in [-0.2, 0) is 0 Å². The first-order valence-electron chi connectivity index (χ1n) is 7.11. The normalized spacial score (nSPS) is 10.5. The van der Waals surface area contributed by atoms with E-state index in [9.17, 15) is 4.79 Å². The highest BCUT2D eigenvalue weighted by Crippen LogP contribution is 2.06. The highest BCUT2D eigenvalue weighted by Gasteiger charge is 2.05. The van der Waals surface area contributed by atoms with Gasteiger partial charge in [0.2, 0.25) is 0 Å². The third-order valence-electron chi connectivity index (χ3n) is 2.87. The maximum Gasteiger partial charge on any atom is 0.252 e.